The van der Waals surface area contributed by atoms with Crippen LogP contribution in [0.3, 0.4) is 0 Å². The molecule has 1 fully saturated rings. The van der Waals surface area contributed by atoms with Crippen LogP contribution in [0, 0.1) is 6.92 Å². The maximum absolute atomic E-state index is 11.4. The molecule has 0 aliphatic heterocycles. The molecule has 0 saturated heterocycles. The van der Waals surface area contributed by atoms with E-state index in [4.69, 9.17) is 5.11 Å². The van der Waals surface area contributed by atoms with Crippen molar-refractivity contribution in [3.05, 3.63) is 22.2 Å². The normalized spacial score (nSPS) is 17.9. The molecule has 0 atom stereocenters. The number of aliphatic carboxylic acids is 1. The predicted octanol–water partition coefficient (Wildman–Crippen LogP) is 1.67. The number of aromatic amines is 1. The number of aryl methyl sites for hydroxylation is 1. The lowest BCUT2D eigenvalue weighted by atomic mass is 9.79. The van der Waals surface area contributed by atoms with Gasteiger partial charge in [0.25, 0.3) is 5.56 Å². The summed E-state index contributed by atoms with van der Waals surface area (Å²) in [6.07, 6.45) is 4.79. The summed E-state index contributed by atoms with van der Waals surface area (Å²) in [5.74, 6) is 0.164. The molecule has 19 heavy (non-hydrogen) atoms. The van der Waals surface area contributed by atoms with Crippen LogP contribution in [-0.2, 0) is 4.79 Å². The zero-order valence-electron chi connectivity index (χ0n) is 11.0. The maximum Gasteiger partial charge on any atom is 0.305 e. The van der Waals surface area contributed by atoms with Crippen molar-refractivity contribution in [1.29, 1.82) is 0 Å². The lowest BCUT2D eigenvalue weighted by Crippen LogP contribution is -2.42. The maximum atomic E-state index is 11.4. The van der Waals surface area contributed by atoms with Crippen molar-refractivity contribution in [3.8, 4) is 0 Å². The van der Waals surface area contributed by atoms with E-state index >= 15 is 0 Å². The first-order valence-corrected chi connectivity index (χ1v) is 6.57. The van der Waals surface area contributed by atoms with Crippen molar-refractivity contribution in [3.63, 3.8) is 0 Å². The third kappa shape index (κ3) is 3.56. The van der Waals surface area contributed by atoms with Crippen LogP contribution < -0.4 is 10.9 Å². The van der Waals surface area contributed by atoms with Gasteiger partial charge in [0.1, 0.15) is 11.6 Å². The van der Waals surface area contributed by atoms with Gasteiger partial charge in [0.05, 0.1) is 6.42 Å². The van der Waals surface area contributed by atoms with Crippen molar-refractivity contribution in [2.45, 2.75) is 51.0 Å². The molecule has 0 spiro atoms. The van der Waals surface area contributed by atoms with Crippen LogP contribution in [-0.4, -0.2) is 26.6 Å². The quantitative estimate of drug-likeness (QED) is 0.769. The minimum Gasteiger partial charge on any atom is -0.481 e. The minimum absolute atomic E-state index is 0.0561. The summed E-state index contributed by atoms with van der Waals surface area (Å²) in [4.78, 5) is 29.3. The monoisotopic (exact) mass is 265 g/mol. The second-order valence-corrected chi connectivity index (χ2v) is 5.25. The number of hydrogen-bond acceptors (Lipinski definition) is 4. The van der Waals surface area contributed by atoms with Crippen LogP contribution in [0.25, 0.3) is 0 Å². The van der Waals surface area contributed by atoms with Gasteiger partial charge in [-0.05, 0) is 19.8 Å². The fraction of sp³-hybridized carbons (Fsp3) is 0.615. The predicted molar refractivity (Wildman–Crippen MR) is 71.3 cm³/mol. The summed E-state index contributed by atoms with van der Waals surface area (Å²) in [5, 5.41) is 12.3. The van der Waals surface area contributed by atoms with Gasteiger partial charge in [-0.15, -0.1) is 0 Å². The molecule has 0 unspecified atom stereocenters. The third-order valence-corrected chi connectivity index (χ3v) is 3.55. The van der Waals surface area contributed by atoms with Crippen molar-refractivity contribution in [2.24, 2.45) is 0 Å². The number of carboxylic acid groups (broad SMARTS) is 1. The highest BCUT2D eigenvalue weighted by molar-refractivity contribution is 5.69. The Labute approximate surface area is 111 Å². The summed E-state index contributed by atoms with van der Waals surface area (Å²) >= 11 is 0. The first-order valence-electron chi connectivity index (χ1n) is 6.57. The smallest absolute Gasteiger partial charge is 0.305 e. The number of anilines is 1. The second kappa shape index (κ2) is 5.42. The molecule has 0 radical (unpaired) electrons. The van der Waals surface area contributed by atoms with E-state index in [2.05, 4.69) is 15.3 Å². The van der Waals surface area contributed by atoms with E-state index in [0.29, 0.717) is 11.6 Å². The molecular weight excluding hydrogens is 246 g/mol. The molecule has 0 amide bonds. The molecule has 6 nitrogen and oxygen atoms in total. The van der Waals surface area contributed by atoms with Gasteiger partial charge < -0.3 is 15.4 Å². The summed E-state index contributed by atoms with van der Waals surface area (Å²) in [7, 11) is 0. The van der Waals surface area contributed by atoms with Crippen LogP contribution in [0.4, 0.5) is 5.82 Å². The summed E-state index contributed by atoms with van der Waals surface area (Å²) in [6.45, 7) is 1.71. The summed E-state index contributed by atoms with van der Waals surface area (Å²) in [5.41, 5.74) is -0.701. The standard InChI is InChI=1S/C13H19N3O3/c1-9-14-10(7-11(17)15-9)16-13(8-12(18)19)5-3-2-4-6-13/h7H,2-6,8H2,1H3,(H,18,19)(H2,14,15,16,17). The Hall–Kier alpha value is -1.85. The number of hydrogen-bond donors (Lipinski definition) is 3. The average Bonchev–Trinajstić information content (AvgIpc) is 2.26. The van der Waals surface area contributed by atoms with E-state index in [9.17, 15) is 9.59 Å². The Morgan fingerprint density at radius 1 is 1.47 bits per heavy atom. The molecule has 1 saturated carbocycles. The van der Waals surface area contributed by atoms with Gasteiger partial charge in [-0.25, -0.2) is 4.98 Å². The minimum atomic E-state index is -0.823. The first-order chi connectivity index (χ1) is 8.99. The molecule has 1 aromatic heterocycles. The molecule has 104 valence electrons. The number of H-pyrrole nitrogens is 1. The van der Waals surface area contributed by atoms with Crippen molar-refractivity contribution in [2.75, 3.05) is 5.32 Å². The number of aromatic nitrogens is 2. The van der Waals surface area contributed by atoms with Crippen LogP contribution in [0.5, 0.6) is 0 Å². The number of nitrogens with one attached hydrogen (secondary N) is 2. The Kier molecular flexibility index (Phi) is 3.87. The fourth-order valence-corrected chi connectivity index (χ4v) is 2.78. The molecular formula is C13H19N3O3. The number of carbonyl (C=O) groups is 1. The SMILES string of the molecule is Cc1nc(NC2(CC(=O)O)CCCCC2)cc(=O)[nH]1. The van der Waals surface area contributed by atoms with E-state index in [-0.39, 0.29) is 12.0 Å². The lowest BCUT2D eigenvalue weighted by Gasteiger charge is -2.37. The molecule has 1 aliphatic rings. The zero-order valence-corrected chi connectivity index (χ0v) is 11.0. The van der Waals surface area contributed by atoms with E-state index in [1.165, 1.54) is 6.07 Å². The fourth-order valence-electron chi connectivity index (χ4n) is 2.78. The molecule has 0 aromatic carbocycles. The Bertz CT molecular complexity index is 518. The number of carboxylic acids is 1. The largest absolute Gasteiger partial charge is 0.481 e. The first kappa shape index (κ1) is 13.6. The molecule has 3 N–H and O–H groups in total. The van der Waals surface area contributed by atoms with Gasteiger partial charge in [-0.3, -0.25) is 9.59 Å². The highest BCUT2D eigenvalue weighted by Crippen LogP contribution is 2.33. The van der Waals surface area contributed by atoms with Crippen LogP contribution in [0.2, 0.25) is 0 Å². The highest BCUT2D eigenvalue weighted by atomic mass is 16.4. The van der Waals surface area contributed by atoms with Crippen LogP contribution >= 0.6 is 0 Å². The summed E-state index contributed by atoms with van der Waals surface area (Å²) in [6, 6.07) is 1.38. The number of rotatable bonds is 4. The highest BCUT2D eigenvalue weighted by Gasteiger charge is 2.34. The van der Waals surface area contributed by atoms with Crippen molar-refractivity contribution in [1.82, 2.24) is 9.97 Å². The van der Waals surface area contributed by atoms with Gasteiger partial charge in [0.2, 0.25) is 0 Å². The molecule has 1 aromatic rings. The van der Waals surface area contributed by atoms with Crippen LogP contribution in [0.15, 0.2) is 10.9 Å². The number of nitrogens with zero attached hydrogens (tertiary/aromatic N) is 1. The molecule has 1 heterocycles. The average molecular weight is 265 g/mol. The zero-order chi connectivity index (χ0) is 13.9. The molecule has 2 rings (SSSR count). The Morgan fingerprint density at radius 2 is 2.16 bits per heavy atom. The Morgan fingerprint density at radius 3 is 2.74 bits per heavy atom. The van der Waals surface area contributed by atoms with Gasteiger partial charge in [0, 0.05) is 11.6 Å². The summed E-state index contributed by atoms with van der Waals surface area (Å²) < 4.78 is 0. The molecule has 6 heteroatoms. The van der Waals surface area contributed by atoms with Crippen molar-refractivity contribution < 1.29 is 9.90 Å². The van der Waals surface area contributed by atoms with Gasteiger partial charge in [-0.1, -0.05) is 19.3 Å². The van der Waals surface area contributed by atoms with E-state index < -0.39 is 11.5 Å². The molecule has 1 aliphatic carbocycles. The van der Waals surface area contributed by atoms with Gasteiger partial charge in [0.15, 0.2) is 0 Å². The Balaban J connectivity index is 2.24. The van der Waals surface area contributed by atoms with Crippen molar-refractivity contribution >= 4 is 11.8 Å². The molecule has 0 bridgehead atoms. The van der Waals surface area contributed by atoms with E-state index in [1.54, 1.807) is 6.92 Å². The third-order valence-electron chi connectivity index (χ3n) is 3.55. The topological polar surface area (TPSA) is 95.1 Å². The second-order valence-electron chi connectivity index (χ2n) is 5.25. The van der Waals surface area contributed by atoms with E-state index in [1.807, 2.05) is 0 Å². The van der Waals surface area contributed by atoms with E-state index in [0.717, 1.165) is 32.1 Å². The van der Waals surface area contributed by atoms with Crippen LogP contribution in [0.1, 0.15) is 44.3 Å². The lowest BCUT2D eigenvalue weighted by molar-refractivity contribution is -0.138. The van der Waals surface area contributed by atoms with Gasteiger partial charge in [-0.2, -0.15) is 0 Å². The van der Waals surface area contributed by atoms with Gasteiger partial charge >= 0.3 is 5.97 Å².